The van der Waals surface area contributed by atoms with Crippen molar-refractivity contribution in [2.24, 2.45) is 0 Å². The van der Waals surface area contributed by atoms with Crippen LogP contribution in [0.3, 0.4) is 0 Å². The molecule has 0 aromatic carbocycles. The molecule has 0 spiro atoms. The average molecular weight is 280 g/mol. The van der Waals surface area contributed by atoms with Gasteiger partial charge in [-0.25, -0.2) is 8.42 Å². The number of ether oxygens (including phenoxy) is 1. The molecule has 0 aliphatic heterocycles. The SMILES string of the molecule is COCCNC(=O)CCNCCS(=O)(=O)C(C)C. The number of hydrogen-bond donors (Lipinski definition) is 2. The van der Waals surface area contributed by atoms with Gasteiger partial charge >= 0.3 is 0 Å². The van der Waals surface area contributed by atoms with Gasteiger partial charge in [-0.3, -0.25) is 4.79 Å². The van der Waals surface area contributed by atoms with Gasteiger partial charge in [-0.1, -0.05) is 0 Å². The van der Waals surface area contributed by atoms with Gasteiger partial charge in [-0.05, 0) is 13.8 Å². The molecule has 0 bridgehead atoms. The highest BCUT2D eigenvalue weighted by molar-refractivity contribution is 7.92. The fraction of sp³-hybridized carbons (Fsp3) is 0.909. The summed E-state index contributed by atoms with van der Waals surface area (Å²) in [5.74, 6) is 0.0435. The first-order valence-corrected chi connectivity index (χ1v) is 7.79. The van der Waals surface area contributed by atoms with E-state index >= 15 is 0 Å². The summed E-state index contributed by atoms with van der Waals surface area (Å²) in [6.45, 7) is 5.18. The molecule has 7 heteroatoms. The number of hydrogen-bond acceptors (Lipinski definition) is 5. The quantitative estimate of drug-likeness (QED) is 0.530. The first-order chi connectivity index (χ1) is 8.40. The Morgan fingerprint density at radius 1 is 1.22 bits per heavy atom. The van der Waals surface area contributed by atoms with Crippen molar-refractivity contribution in [1.82, 2.24) is 10.6 Å². The van der Waals surface area contributed by atoms with Crippen molar-refractivity contribution in [2.45, 2.75) is 25.5 Å². The maximum Gasteiger partial charge on any atom is 0.221 e. The number of carbonyl (C=O) groups is 1. The van der Waals surface area contributed by atoms with Crippen LogP contribution in [0, 0.1) is 0 Å². The first-order valence-electron chi connectivity index (χ1n) is 6.08. The van der Waals surface area contributed by atoms with Gasteiger partial charge in [-0.2, -0.15) is 0 Å². The van der Waals surface area contributed by atoms with Gasteiger partial charge in [0.25, 0.3) is 0 Å². The van der Waals surface area contributed by atoms with Gasteiger partial charge in [0.15, 0.2) is 9.84 Å². The molecule has 0 rings (SSSR count). The van der Waals surface area contributed by atoms with E-state index in [0.717, 1.165) is 0 Å². The van der Waals surface area contributed by atoms with Crippen molar-refractivity contribution in [1.29, 1.82) is 0 Å². The topological polar surface area (TPSA) is 84.5 Å². The first kappa shape index (κ1) is 17.3. The summed E-state index contributed by atoms with van der Waals surface area (Å²) < 4.78 is 27.7. The predicted octanol–water partition coefficient (Wildman–Crippen LogP) is -0.448. The fourth-order valence-electron chi connectivity index (χ4n) is 1.16. The lowest BCUT2D eigenvalue weighted by Crippen LogP contribution is -2.32. The zero-order valence-corrected chi connectivity index (χ0v) is 12.2. The van der Waals surface area contributed by atoms with Crippen molar-refractivity contribution in [3.8, 4) is 0 Å². The van der Waals surface area contributed by atoms with E-state index < -0.39 is 9.84 Å². The molecule has 0 atom stereocenters. The standard InChI is InChI=1S/C11H24N2O4S/c1-10(2)18(15,16)9-7-12-5-4-11(14)13-6-8-17-3/h10,12H,4-9H2,1-3H3,(H,13,14). The Morgan fingerprint density at radius 2 is 1.89 bits per heavy atom. The van der Waals surface area contributed by atoms with Gasteiger partial charge in [0.05, 0.1) is 17.6 Å². The summed E-state index contributed by atoms with van der Waals surface area (Å²) in [7, 11) is -1.42. The highest BCUT2D eigenvalue weighted by Crippen LogP contribution is 1.98. The van der Waals surface area contributed by atoms with Crippen molar-refractivity contribution in [3.05, 3.63) is 0 Å². The van der Waals surface area contributed by atoms with Crippen LogP contribution in [0.15, 0.2) is 0 Å². The second-order valence-corrected chi connectivity index (χ2v) is 6.94. The van der Waals surface area contributed by atoms with Gasteiger partial charge in [0.1, 0.15) is 0 Å². The van der Waals surface area contributed by atoms with Crippen LogP contribution in [-0.2, 0) is 19.4 Å². The molecule has 0 aliphatic carbocycles. The normalized spacial score (nSPS) is 11.8. The lowest BCUT2D eigenvalue weighted by atomic mass is 10.4. The molecule has 0 aromatic rings. The van der Waals surface area contributed by atoms with E-state index in [1.165, 1.54) is 0 Å². The zero-order chi connectivity index (χ0) is 14.0. The second kappa shape index (κ2) is 9.29. The monoisotopic (exact) mass is 280 g/mol. The summed E-state index contributed by atoms with van der Waals surface area (Å²) >= 11 is 0. The molecule has 2 N–H and O–H groups in total. The Balaban J connectivity index is 3.54. The summed E-state index contributed by atoms with van der Waals surface area (Å²) in [4.78, 5) is 11.3. The molecule has 0 aliphatic rings. The van der Waals surface area contributed by atoms with Gasteiger partial charge < -0.3 is 15.4 Å². The van der Waals surface area contributed by atoms with Crippen LogP contribution >= 0.6 is 0 Å². The molecule has 0 aromatic heterocycles. The smallest absolute Gasteiger partial charge is 0.221 e. The number of nitrogens with one attached hydrogen (secondary N) is 2. The number of amides is 1. The number of methoxy groups -OCH3 is 1. The Kier molecular flexibility index (Phi) is 8.95. The second-order valence-electron chi connectivity index (χ2n) is 4.26. The highest BCUT2D eigenvalue weighted by Gasteiger charge is 2.14. The molecule has 0 fully saturated rings. The molecule has 0 saturated heterocycles. The van der Waals surface area contributed by atoms with Crippen LogP contribution < -0.4 is 10.6 Å². The van der Waals surface area contributed by atoms with Crippen LogP contribution in [0.1, 0.15) is 20.3 Å². The Morgan fingerprint density at radius 3 is 2.44 bits per heavy atom. The Bertz CT molecular complexity index is 328. The maximum absolute atomic E-state index is 11.5. The molecule has 0 saturated carbocycles. The van der Waals surface area contributed by atoms with E-state index in [-0.39, 0.29) is 16.9 Å². The lowest BCUT2D eigenvalue weighted by Gasteiger charge is -2.08. The molecular weight excluding hydrogens is 256 g/mol. The zero-order valence-electron chi connectivity index (χ0n) is 11.4. The predicted molar refractivity (Wildman–Crippen MR) is 71.3 cm³/mol. The van der Waals surface area contributed by atoms with Crippen LogP contribution in [0.5, 0.6) is 0 Å². The third-order valence-corrected chi connectivity index (χ3v) is 4.65. The summed E-state index contributed by atoms with van der Waals surface area (Å²) in [5, 5.41) is 5.28. The molecule has 6 nitrogen and oxygen atoms in total. The van der Waals surface area contributed by atoms with Crippen molar-refractivity contribution < 1.29 is 17.9 Å². The third-order valence-electron chi connectivity index (χ3n) is 2.44. The van der Waals surface area contributed by atoms with Crippen molar-refractivity contribution in [2.75, 3.05) is 39.1 Å². The Hall–Kier alpha value is -0.660. The molecule has 18 heavy (non-hydrogen) atoms. The molecule has 1 amide bonds. The van der Waals surface area contributed by atoms with Crippen LogP contribution in [0.25, 0.3) is 0 Å². The van der Waals surface area contributed by atoms with Gasteiger partial charge in [0, 0.05) is 33.2 Å². The number of rotatable bonds is 10. The lowest BCUT2D eigenvalue weighted by molar-refractivity contribution is -0.121. The van der Waals surface area contributed by atoms with E-state index in [1.54, 1.807) is 21.0 Å². The largest absolute Gasteiger partial charge is 0.383 e. The van der Waals surface area contributed by atoms with Crippen LogP contribution in [-0.4, -0.2) is 58.7 Å². The van der Waals surface area contributed by atoms with E-state index in [2.05, 4.69) is 10.6 Å². The number of sulfone groups is 1. The van der Waals surface area contributed by atoms with E-state index in [0.29, 0.717) is 32.7 Å². The van der Waals surface area contributed by atoms with Crippen LogP contribution in [0.4, 0.5) is 0 Å². The molecule has 0 unspecified atom stereocenters. The minimum atomic E-state index is -3.00. The molecule has 0 radical (unpaired) electrons. The fourth-order valence-corrected chi connectivity index (χ4v) is 2.06. The summed E-state index contributed by atoms with van der Waals surface area (Å²) in [6.07, 6.45) is 0.339. The Labute approximate surface area is 109 Å². The van der Waals surface area contributed by atoms with E-state index in [4.69, 9.17) is 4.74 Å². The highest BCUT2D eigenvalue weighted by atomic mass is 32.2. The van der Waals surface area contributed by atoms with Crippen LogP contribution in [0.2, 0.25) is 0 Å². The summed E-state index contributed by atoms with van der Waals surface area (Å²) in [5.41, 5.74) is 0. The van der Waals surface area contributed by atoms with E-state index in [1.807, 2.05) is 0 Å². The minimum Gasteiger partial charge on any atom is -0.383 e. The van der Waals surface area contributed by atoms with Crippen molar-refractivity contribution >= 4 is 15.7 Å². The molecule has 0 heterocycles. The third kappa shape index (κ3) is 8.43. The summed E-state index contributed by atoms with van der Waals surface area (Å²) in [6, 6.07) is 0. The number of carbonyl (C=O) groups excluding carboxylic acids is 1. The average Bonchev–Trinajstić information content (AvgIpc) is 2.28. The van der Waals surface area contributed by atoms with E-state index in [9.17, 15) is 13.2 Å². The molecular formula is C11H24N2O4S. The minimum absolute atomic E-state index is 0.0636. The van der Waals surface area contributed by atoms with Crippen molar-refractivity contribution in [3.63, 3.8) is 0 Å². The molecule has 108 valence electrons. The van der Waals surface area contributed by atoms with Gasteiger partial charge in [-0.15, -0.1) is 0 Å². The maximum atomic E-state index is 11.5. The van der Waals surface area contributed by atoms with Gasteiger partial charge in [0.2, 0.25) is 5.91 Å².